The molecule has 1 aliphatic rings. The third-order valence-electron chi connectivity index (χ3n) is 5.11. The number of fused-ring (bicyclic) bond motifs is 1. The molecule has 0 radical (unpaired) electrons. The minimum Gasteiger partial charge on any atom is -0.494 e. The lowest BCUT2D eigenvalue weighted by molar-refractivity contribution is 0.418. The Balaban J connectivity index is 1.77. The van der Waals surface area contributed by atoms with Crippen molar-refractivity contribution in [1.29, 1.82) is 0 Å². The van der Waals surface area contributed by atoms with Crippen LogP contribution in [0, 0.1) is 0 Å². The Morgan fingerprint density at radius 3 is 2.42 bits per heavy atom. The van der Waals surface area contributed by atoms with Crippen molar-refractivity contribution in [2.24, 2.45) is 0 Å². The molecule has 26 heavy (non-hydrogen) atoms. The summed E-state index contributed by atoms with van der Waals surface area (Å²) in [5, 5.41) is 0. The van der Waals surface area contributed by atoms with Crippen molar-refractivity contribution >= 4 is 11.4 Å². The predicted molar refractivity (Wildman–Crippen MR) is 109 cm³/mol. The zero-order chi connectivity index (χ0) is 17.9. The Hall–Kier alpha value is -2.94. The fourth-order valence-corrected chi connectivity index (χ4v) is 3.80. The van der Waals surface area contributed by atoms with Crippen LogP contribution in [0.25, 0.3) is 11.1 Å². The maximum absolute atomic E-state index is 6.36. The third-order valence-corrected chi connectivity index (χ3v) is 5.11. The largest absolute Gasteiger partial charge is 0.494 e. The Morgan fingerprint density at radius 1 is 0.923 bits per heavy atom. The quantitative estimate of drug-likeness (QED) is 0.687. The number of nitrogens with zero attached hydrogens (tertiary/aromatic N) is 1. The fraction of sp³-hybridized carbons (Fsp3) is 0.217. The van der Waals surface area contributed by atoms with Gasteiger partial charge in [0.15, 0.2) is 0 Å². The predicted octanol–water partition coefficient (Wildman–Crippen LogP) is 4.90. The molecule has 0 aliphatic carbocycles. The maximum atomic E-state index is 6.36. The van der Waals surface area contributed by atoms with Gasteiger partial charge < -0.3 is 15.4 Å². The van der Waals surface area contributed by atoms with Gasteiger partial charge in [0.2, 0.25) is 0 Å². The SMILES string of the molecule is COc1c(N)cc(N2CCCc3ccccc3C2)cc1-c1ccccc1. The topological polar surface area (TPSA) is 38.5 Å². The molecular formula is C23H24N2O. The monoisotopic (exact) mass is 344 g/mol. The molecule has 2 N–H and O–H groups in total. The van der Waals surface area contributed by atoms with E-state index in [1.807, 2.05) is 24.3 Å². The number of rotatable bonds is 3. The van der Waals surface area contributed by atoms with E-state index in [9.17, 15) is 0 Å². The van der Waals surface area contributed by atoms with Gasteiger partial charge in [0, 0.05) is 24.3 Å². The van der Waals surface area contributed by atoms with E-state index < -0.39 is 0 Å². The highest BCUT2D eigenvalue weighted by Crippen LogP contribution is 2.39. The molecule has 3 heteroatoms. The van der Waals surface area contributed by atoms with Crippen molar-refractivity contribution in [3.8, 4) is 16.9 Å². The molecule has 0 unspecified atom stereocenters. The lowest BCUT2D eigenvalue weighted by atomic mass is 10.0. The highest BCUT2D eigenvalue weighted by Gasteiger charge is 2.18. The molecule has 1 heterocycles. The van der Waals surface area contributed by atoms with Gasteiger partial charge in [-0.05, 0) is 41.7 Å². The van der Waals surface area contributed by atoms with Crippen molar-refractivity contribution in [2.75, 3.05) is 24.3 Å². The Kier molecular flexibility index (Phi) is 4.53. The van der Waals surface area contributed by atoms with Gasteiger partial charge in [0.1, 0.15) is 5.75 Å². The van der Waals surface area contributed by atoms with E-state index in [0.29, 0.717) is 5.69 Å². The lowest BCUT2D eigenvalue weighted by Crippen LogP contribution is -2.22. The number of aryl methyl sites for hydroxylation is 1. The number of methoxy groups -OCH3 is 1. The average molecular weight is 344 g/mol. The van der Waals surface area contributed by atoms with E-state index in [1.165, 1.54) is 11.1 Å². The molecule has 3 aromatic rings. The Morgan fingerprint density at radius 2 is 1.65 bits per heavy atom. The number of anilines is 2. The molecule has 0 spiro atoms. The van der Waals surface area contributed by atoms with E-state index in [1.54, 1.807) is 7.11 Å². The zero-order valence-electron chi connectivity index (χ0n) is 15.1. The number of nitrogens with two attached hydrogens (primary N) is 1. The van der Waals surface area contributed by atoms with Crippen LogP contribution in [0.5, 0.6) is 5.75 Å². The van der Waals surface area contributed by atoms with E-state index in [-0.39, 0.29) is 0 Å². The van der Waals surface area contributed by atoms with Crippen LogP contribution in [0.2, 0.25) is 0 Å². The smallest absolute Gasteiger partial charge is 0.149 e. The summed E-state index contributed by atoms with van der Waals surface area (Å²) in [4.78, 5) is 2.42. The minimum absolute atomic E-state index is 0.682. The summed E-state index contributed by atoms with van der Waals surface area (Å²) in [7, 11) is 1.68. The summed E-state index contributed by atoms with van der Waals surface area (Å²) in [6, 6.07) is 23.3. The van der Waals surface area contributed by atoms with E-state index in [0.717, 1.165) is 48.5 Å². The van der Waals surface area contributed by atoms with Gasteiger partial charge >= 0.3 is 0 Å². The summed E-state index contributed by atoms with van der Waals surface area (Å²) in [6.45, 7) is 1.94. The second-order valence-corrected chi connectivity index (χ2v) is 6.78. The van der Waals surface area contributed by atoms with Gasteiger partial charge in [-0.3, -0.25) is 0 Å². The van der Waals surface area contributed by atoms with Crippen LogP contribution in [0.15, 0.2) is 66.7 Å². The van der Waals surface area contributed by atoms with Crippen LogP contribution in [-0.2, 0) is 13.0 Å². The van der Waals surface area contributed by atoms with Gasteiger partial charge in [-0.25, -0.2) is 0 Å². The van der Waals surface area contributed by atoms with Crippen molar-refractivity contribution < 1.29 is 4.74 Å². The molecule has 0 aromatic heterocycles. The standard InChI is InChI=1S/C23H24N2O/c1-26-23-21(18-9-3-2-4-10-18)14-20(15-22(23)24)25-13-7-12-17-8-5-6-11-19(17)16-25/h2-6,8-11,14-15H,7,12-13,16,24H2,1H3. The fourth-order valence-electron chi connectivity index (χ4n) is 3.80. The molecule has 0 fully saturated rings. The van der Waals surface area contributed by atoms with Gasteiger partial charge in [-0.15, -0.1) is 0 Å². The van der Waals surface area contributed by atoms with Crippen LogP contribution in [0.4, 0.5) is 11.4 Å². The molecule has 0 amide bonds. The van der Waals surface area contributed by atoms with Gasteiger partial charge in [0.25, 0.3) is 0 Å². The van der Waals surface area contributed by atoms with Crippen LogP contribution in [-0.4, -0.2) is 13.7 Å². The van der Waals surface area contributed by atoms with Gasteiger partial charge in [0.05, 0.1) is 12.8 Å². The molecule has 0 saturated heterocycles. The molecule has 0 bridgehead atoms. The molecule has 3 aromatic carbocycles. The average Bonchev–Trinajstić information content (AvgIpc) is 2.90. The first-order chi connectivity index (χ1) is 12.8. The highest BCUT2D eigenvalue weighted by atomic mass is 16.5. The summed E-state index contributed by atoms with van der Waals surface area (Å²) in [6.07, 6.45) is 2.27. The molecule has 0 saturated carbocycles. The lowest BCUT2D eigenvalue weighted by Gasteiger charge is -2.25. The van der Waals surface area contributed by atoms with E-state index in [4.69, 9.17) is 10.5 Å². The minimum atomic E-state index is 0.682. The number of benzene rings is 3. The number of nitrogen functional groups attached to an aromatic ring is 1. The second-order valence-electron chi connectivity index (χ2n) is 6.78. The molecule has 4 rings (SSSR count). The Labute approximate surface area is 155 Å². The molecule has 132 valence electrons. The molecule has 1 aliphatic heterocycles. The van der Waals surface area contributed by atoms with Crippen molar-refractivity contribution in [3.63, 3.8) is 0 Å². The summed E-state index contributed by atoms with van der Waals surface area (Å²) >= 11 is 0. The van der Waals surface area contributed by atoms with E-state index in [2.05, 4.69) is 47.4 Å². The van der Waals surface area contributed by atoms with Crippen LogP contribution in [0.3, 0.4) is 0 Å². The summed E-state index contributed by atoms with van der Waals surface area (Å²) < 4.78 is 5.61. The number of hydrogen-bond donors (Lipinski definition) is 1. The van der Waals surface area contributed by atoms with Crippen LogP contribution >= 0.6 is 0 Å². The first-order valence-electron chi connectivity index (χ1n) is 9.11. The molecular weight excluding hydrogens is 320 g/mol. The summed E-state index contributed by atoms with van der Waals surface area (Å²) in [5.74, 6) is 0.746. The van der Waals surface area contributed by atoms with Gasteiger partial charge in [-0.2, -0.15) is 0 Å². The van der Waals surface area contributed by atoms with Gasteiger partial charge in [-0.1, -0.05) is 54.6 Å². The van der Waals surface area contributed by atoms with Crippen LogP contribution in [0.1, 0.15) is 17.5 Å². The normalized spacial score (nSPS) is 13.8. The number of hydrogen-bond acceptors (Lipinski definition) is 3. The Bertz CT molecular complexity index is 905. The second kappa shape index (κ2) is 7.12. The number of ether oxygens (including phenoxy) is 1. The summed E-state index contributed by atoms with van der Waals surface area (Å²) in [5.41, 5.74) is 13.2. The third kappa shape index (κ3) is 3.13. The zero-order valence-corrected chi connectivity index (χ0v) is 15.1. The van der Waals surface area contributed by atoms with Crippen molar-refractivity contribution in [1.82, 2.24) is 0 Å². The van der Waals surface area contributed by atoms with Crippen LogP contribution < -0.4 is 15.4 Å². The first kappa shape index (κ1) is 16.5. The molecule has 0 atom stereocenters. The van der Waals surface area contributed by atoms with E-state index >= 15 is 0 Å². The van der Waals surface area contributed by atoms with Crippen molar-refractivity contribution in [2.45, 2.75) is 19.4 Å². The highest BCUT2D eigenvalue weighted by molar-refractivity contribution is 5.82. The van der Waals surface area contributed by atoms with Crippen molar-refractivity contribution in [3.05, 3.63) is 77.9 Å². The first-order valence-corrected chi connectivity index (χ1v) is 9.11. The maximum Gasteiger partial charge on any atom is 0.149 e. The molecule has 3 nitrogen and oxygen atoms in total.